The number of rotatable bonds is 3. The predicted molar refractivity (Wildman–Crippen MR) is 82.9 cm³/mol. The second-order valence-electron chi connectivity index (χ2n) is 3.40. The van der Waals surface area contributed by atoms with Crippen molar-refractivity contribution in [3.05, 3.63) is 57.6 Å². The molecule has 0 saturated heterocycles. The summed E-state index contributed by atoms with van der Waals surface area (Å²) in [4.78, 5) is 0. The zero-order chi connectivity index (χ0) is 13.3. The van der Waals surface area contributed by atoms with Gasteiger partial charge in [-0.1, -0.05) is 72.6 Å². The zero-order valence-corrected chi connectivity index (χ0v) is 13.2. The first kappa shape index (κ1) is 16.5. The number of hydrogen-bond donors (Lipinski definition) is 0. The van der Waals surface area contributed by atoms with Gasteiger partial charge in [0.1, 0.15) is 0 Å². The lowest BCUT2D eigenvalue weighted by atomic mass is 10.0. The minimum atomic E-state index is 0.371. The average Bonchev–Trinajstić information content (AvgIpc) is 2.30. The molecule has 0 aliphatic carbocycles. The molecule has 1 rings (SSSR count). The molecule has 1 unspecified atom stereocenters. The van der Waals surface area contributed by atoms with Crippen molar-refractivity contribution in [1.82, 2.24) is 0 Å². The van der Waals surface area contributed by atoms with E-state index < -0.39 is 0 Å². The van der Waals surface area contributed by atoms with E-state index in [0.29, 0.717) is 5.92 Å². The Hall–Kier alpha value is -0.530. The Morgan fingerprint density at radius 2 is 1.82 bits per heavy atom. The Morgan fingerprint density at radius 3 is 2.35 bits per heavy atom. The first-order valence-electron chi connectivity index (χ1n) is 5.89. The Morgan fingerprint density at radius 1 is 1.18 bits per heavy atom. The van der Waals surface area contributed by atoms with Gasteiger partial charge in [-0.15, -0.1) is 0 Å². The Labute approximate surface area is 119 Å². The van der Waals surface area contributed by atoms with Gasteiger partial charge in [-0.3, -0.25) is 0 Å². The maximum absolute atomic E-state index is 5.99. The standard InChI is InChI=1S/C13H14BrCl.C2H6/c1-3-4-5-6-10(2)11-7-12(14)9-13(15)8-11;1-2/h3-10H,1-2H3;1-2H3/b4-3-,6-5-;. The molecule has 0 fully saturated rings. The molecule has 1 aromatic carbocycles. The quantitative estimate of drug-likeness (QED) is 0.569. The monoisotopic (exact) mass is 314 g/mol. The molecule has 1 aromatic rings. The third-order valence-electron chi connectivity index (χ3n) is 2.11. The van der Waals surface area contributed by atoms with E-state index in [9.17, 15) is 0 Å². The summed E-state index contributed by atoms with van der Waals surface area (Å²) in [7, 11) is 0. The molecule has 0 amide bonds. The van der Waals surface area contributed by atoms with Gasteiger partial charge >= 0.3 is 0 Å². The van der Waals surface area contributed by atoms with Gasteiger partial charge in [-0.2, -0.15) is 0 Å². The molecule has 0 bridgehead atoms. The van der Waals surface area contributed by atoms with E-state index in [-0.39, 0.29) is 0 Å². The molecule has 0 heterocycles. The van der Waals surface area contributed by atoms with E-state index >= 15 is 0 Å². The van der Waals surface area contributed by atoms with Crippen LogP contribution in [0.15, 0.2) is 47.0 Å². The van der Waals surface area contributed by atoms with Crippen LogP contribution in [-0.2, 0) is 0 Å². The molecule has 17 heavy (non-hydrogen) atoms. The van der Waals surface area contributed by atoms with Gasteiger partial charge in [0.25, 0.3) is 0 Å². The Balaban J connectivity index is 0.00000121. The van der Waals surface area contributed by atoms with Crippen molar-refractivity contribution in [2.75, 3.05) is 0 Å². The van der Waals surface area contributed by atoms with Gasteiger partial charge in [0, 0.05) is 9.50 Å². The Bertz CT molecular complexity index is 360. The van der Waals surface area contributed by atoms with Crippen LogP contribution in [0.2, 0.25) is 5.02 Å². The molecule has 0 aromatic heterocycles. The van der Waals surface area contributed by atoms with Gasteiger partial charge in [-0.05, 0) is 36.6 Å². The summed E-state index contributed by atoms with van der Waals surface area (Å²) in [6.45, 7) is 8.16. The minimum absolute atomic E-state index is 0.371. The summed E-state index contributed by atoms with van der Waals surface area (Å²) >= 11 is 9.43. The third kappa shape index (κ3) is 6.70. The lowest BCUT2D eigenvalue weighted by molar-refractivity contribution is 0.966. The molecule has 1 atom stereocenters. The first-order valence-corrected chi connectivity index (χ1v) is 7.06. The van der Waals surface area contributed by atoms with Crippen LogP contribution in [0.4, 0.5) is 0 Å². The normalized spacial score (nSPS) is 12.6. The van der Waals surface area contributed by atoms with Crippen LogP contribution < -0.4 is 0 Å². The number of halogens is 2. The van der Waals surface area contributed by atoms with E-state index in [2.05, 4.69) is 41.1 Å². The molecular formula is C15H20BrCl. The minimum Gasteiger partial charge on any atom is -0.0877 e. The largest absolute Gasteiger partial charge is 0.0877 e. The van der Waals surface area contributed by atoms with E-state index in [1.165, 1.54) is 5.56 Å². The fraction of sp³-hybridized carbons (Fsp3) is 0.333. The zero-order valence-electron chi connectivity index (χ0n) is 10.9. The highest BCUT2D eigenvalue weighted by Crippen LogP contribution is 2.25. The molecule has 94 valence electrons. The van der Waals surface area contributed by atoms with Crippen LogP contribution in [0.3, 0.4) is 0 Å². The first-order chi connectivity index (χ1) is 8.13. The molecule has 0 saturated carbocycles. The summed E-state index contributed by atoms with van der Waals surface area (Å²) in [5.41, 5.74) is 1.22. The maximum atomic E-state index is 5.99. The van der Waals surface area contributed by atoms with Crippen molar-refractivity contribution in [3.8, 4) is 0 Å². The highest BCUT2D eigenvalue weighted by Gasteiger charge is 2.03. The van der Waals surface area contributed by atoms with Crippen LogP contribution in [0.5, 0.6) is 0 Å². The molecule has 0 spiro atoms. The SMILES string of the molecule is C/C=C\C=C/C(C)c1cc(Cl)cc(Br)c1.CC. The van der Waals surface area contributed by atoms with Crippen LogP contribution in [0.25, 0.3) is 0 Å². The lowest BCUT2D eigenvalue weighted by Gasteiger charge is -2.07. The van der Waals surface area contributed by atoms with E-state index in [1.54, 1.807) is 0 Å². The van der Waals surface area contributed by atoms with Crippen LogP contribution in [0, 0.1) is 0 Å². The van der Waals surface area contributed by atoms with Crippen molar-refractivity contribution in [2.45, 2.75) is 33.6 Å². The molecule has 0 N–H and O–H groups in total. The number of benzene rings is 1. The summed E-state index contributed by atoms with van der Waals surface area (Å²) in [6.07, 6.45) is 8.24. The van der Waals surface area contributed by atoms with Crippen molar-refractivity contribution in [1.29, 1.82) is 0 Å². The topological polar surface area (TPSA) is 0 Å². The third-order valence-corrected chi connectivity index (χ3v) is 2.79. The van der Waals surface area contributed by atoms with Gasteiger partial charge < -0.3 is 0 Å². The summed E-state index contributed by atoms with van der Waals surface area (Å²) < 4.78 is 1.02. The number of allylic oxidation sites excluding steroid dienone is 4. The smallest absolute Gasteiger partial charge is 0.0420 e. The Kier molecular flexibility index (Phi) is 9.20. The lowest BCUT2D eigenvalue weighted by Crippen LogP contribution is -1.88. The average molecular weight is 316 g/mol. The van der Waals surface area contributed by atoms with Crippen LogP contribution >= 0.6 is 27.5 Å². The molecular weight excluding hydrogens is 296 g/mol. The van der Waals surface area contributed by atoms with Gasteiger partial charge in [0.15, 0.2) is 0 Å². The van der Waals surface area contributed by atoms with Crippen molar-refractivity contribution in [2.24, 2.45) is 0 Å². The van der Waals surface area contributed by atoms with Crippen molar-refractivity contribution >= 4 is 27.5 Å². The molecule has 0 radical (unpaired) electrons. The molecule has 0 aliphatic rings. The van der Waals surface area contributed by atoms with Crippen LogP contribution in [-0.4, -0.2) is 0 Å². The maximum Gasteiger partial charge on any atom is 0.0420 e. The summed E-state index contributed by atoms with van der Waals surface area (Å²) in [5, 5.41) is 0.769. The predicted octanol–water partition coefficient (Wildman–Crippen LogP) is 6.36. The van der Waals surface area contributed by atoms with Crippen molar-refractivity contribution < 1.29 is 0 Å². The molecule has 2 heteroatoms. The summed E-state index contributed by atoms with van der Waals surface area (Å²) in [6, 6.07) is 5.99. The second-order valence-corrected chi connectivity index (χ2v) is 4.75. The van der Waals surface area contributed by atoms with E-state index in [1.807, 2.05) is 45.1 Å². The molecule has 0 nitrogen and oxygen atoms in total. The van der Waals surface area contributed by atoms with E-state index in [0.717, 1.165) is 9.50 Å². The van der Waals surface area contributed by atoms with Gasteiger partial charge in [0.2, 0.25) is 0 Å². The van der Waals surface area contributed by atoms with Gasteiger partial charge in [0.05, 0.1) is 0 Å². The van der Waals surface area contributed by atoms with Gasteiger partial charge in [-0.25, -0.2) is 0 Å². The fourth-order valence-electron chi connectivity index (χ4n) is 1.29. The summed E-state index contributed by atoms with van der Waals surface area (Å²) in [5.74, 6) is 0.371. The fourth-order valence-corrected chi connectivity index (χ4v) is 2.18. The molecule has 0 aliphatic heterocycles. The number of hydrogen-bond acceptors (Lipinski definition) is 0. The van der Waals surface area contributed by atoms with E-state index in [4.69, 9.17) is 11.6 Å². The van der Waals surface area contributed by atoms with Crippen LogP contribution in [0.1, 0.15) is 39.2 Å². The van der Waals surface area contributed by atoms with Crippen molar-refractivity contribution in [3.63, 3.8) is 0 Å². The highest BCUT2D eigenvalue weighted by molar-refractivity contribution is 9.10. The second kappa shape index (κ2) is 9.49. The highest BCUT2D eigenvalue weighted by atomic mass is 79.9.